The van der Waals surface area contributed by atoms with Crippen LogP contribution in [0.3, 0.4) is 0 Å². The molecule has 90 valence electrons. The number of rotatable bonds is 1. The van der Waals surface area contributed by atoms with Gasteiger partial charge in [-0.2, -0.15) is 0 Å². The van der Waals surface area contributed by atoms with Crippen molar-refractivity contribution in [3.8, 4) is 11.1 Å². The fourth-order valence-corrected chi connectivity index (χ4v) is 2.19. The van der Waals surface area contributed by atoms with Crippen LogP contribution in [0.2, 0.25) is 0 Å². The van der Waals surface area contributed by atoms with Crippen LogP contribution in [0.25, 0.3) is 21.9 Å². The zero-order valence-electron chi connectivity index (χ0n) is 10.2. The van der Waals surface area contributed by atoms with Crippen molar-refractivity contribution in [1.29, 1.82) is 0 Å². The molecule has 0 aromatic heterocycles. The average Bonchev–Trinajstić information content (AvgIpc) is 2.39. The first kappa shape index (κ1) is 16.7. The molecule has 0 heterocycles. The summed E-state index contributed by atoms with van der Waals surface area (Å²) >= 11 is 3.45. The third kappa shape index (κ3) is 3.82. The van der Waals surface area contributed by atoms with Crippen LogP contribution in [0.5, 0.6) is 0 Å². The van der Waals surface area contributed by atoms with Gasteiger partial charge in [0.1, 0.15) is 0 Å². The van der Waals surface area contributed by atoms with Crippen LogP contribution in [0.1, 0.15) is 0 Å². The Hall–Kier alpha value is -0.354. The molecule has 3 aromatic rings. The minimum absolute atomic E-state index is 0. The molecule has 0 aliphatic heterocycles. The second-order valence-corrected chi connectivity index (χ2v) is 4.90. The van der Waals surface area contributed by atoms with Crippen molar-refractivity contribution < 1.29 is 17.0 Å². The Morgan fingerprint density at radius 2 is 1.47 bits per heavy atom. The van der Waals surface area contributed by atoms with Crippen molar-refractivity contribution in [2.24, 2.45) is 0 Å². The summed E-state index contributed by atoms with van der Waals surface area (Å²) in [6.45, 7) is 0. The van der Waals surface area contributed by atoms with Crippen molar-refractivity contribution in [1.82, 2.24) is 0 Å². The molecule has 0 bridgehead atoms. The van der Waals surface area contributed by atoms with Gasteiger partial charge in [-0.3, -0.25) is 0 Å². The third-order valence-corrected chi connectivity index (χ3v) is 3.36. The zero-order chi connectivity index (χ0) is 11.7. The molecule has 0 unspecified atom stereocenters. The quantitative estimate of drug-likeness (QED) is 0.441. The smallest absolute Gasteiger partial charge is 1.00 e. The SMILES string of the molecule is Brc1ccc(-c2[c-]cc3ccccc3c2)cc1.[Br-].[Mg+2]. The van der Waals surface area contributed by atoms with Crippen LogP contribution in [-0.4, -0.2) is 23.1 Å². The van der Waals surface area contributed by atoms with E-state index in [0.29, 0.717) is 0 Å². The molecule has 0 N–H and O–H groups in total. The standard InChI is InChI=1S/C16H10Br.BrH.Mg/c17-16-9-7-13(8-10-16)15-6-5-12-3-1-2-4-14(12)11-15;;/h1-5,7-11H;1H;/q-1;;+2/p-1. The van der Waals surface area contributed by atoms with E-state index in [1.165, 1.54) is 16.3 Å². The molecule has 0 aliphatic carbocycles. The molecule has 0 spiro atoms. The van der Waals surface area contributed by atoms with Gasteiger partial charge in [0.25, 0.3) is 0 Å². The summed E-state index contributed by atoms with van der Waals surface area (Å²) in [4.78, 5) is 0. The Labute approximate surface area is 148 Å². The third-order valence-electron chi connectivity index (χ3n) is 2.83. The van der Waals surface area contributed by atoms with Gasteiger partial charge in [0.05, 0.1) is 0 Å². The molecule has 19 heavy (non-hydrogen) atoms. The number of hydrogen-bond donors (Lipinski definition) is 0. The van der Waals surface area contributed by atoms with E-state index in [-0.39, 0.29) is 40.0 Å². The fraction of sp³-hybridized carbons (Fsp3) is 0. The Balaban J connectivity index is 0.000000902. The molecule has 3 rings (SSSR count). The van der Waals surface area contributed by atoms with E-state index in [2.05, 4.69) is 76.6 Å². The molecule has 0 fully saturated rings. The molecule has 0 saturated heterocycles. The van der Waals surface area contributed by atoms with Crippen molar-refractivity contribution in [2.75, 3.05) is 0 Å². The second kappa shape index (κ2) is 7.43. The summed E-state index contributed by atoms with van der Waals surface area (Å²) in [5.41, 5.74) is 2.33. The monoisotopic (exact) mass is 384 g/mol. The first-order valence-corrected chi connectivity index (χ1v) is 6.29. The van der Waals surface area contributed by atoms with Gasteiger partial charge in [0.2, 0.25) is 0 Å². The van der Waals surface area contributed by atoms with Gasteiger partial charge in [0, 0.05) is 4.47 Å². The van der Waals surface area contributed by atoms with E-state index in [1.54, 1.807) is 0 Å². The van der Waals surface area contributed by atoms with Crippen LogP contribution in [-0.2, 0) is 0 Å². The first-order valence-electron chi connectivity index (χ1n) is 5.49. The summed E-state index contributed by atoms with van der Waals surface area (Å²) in [5.74, 6) is 0. The van der Waals surface area contributed by atoms with E-state index >= 15 is 0 Å². The predicted octanol–water partition coefficient (Wildman–Crippen LogP) is 1.69. The summed E-state index contributed by atoms with van der Waals surface area (Å²) in [6, 6.07) is 24.2. The molecule has 0 aliphatic rings. The Morgan fingerprint density at radius 1 is 0.842 bits per heavy atom. The number of fused-ring (bicyclic) bond motifs is 1. The van der Waals surface area contributed by atoms with E-state index in [9.17, 15) is 0 Å². The van der Waals surface area contributed by atoms with Crippen molar-refractivity contribution in [3.63, 3.8) is 0 Å². The van der Waals surface area contributed by atoms with Gasteiger partial charge in [-0.15, -0.1) is 29.1 Å². The van der Waals surface area contributed by atoms with E-state index < -0.39 is 0 Å². The van der Waals surface area contributed by atoms with Crippen LogP contribution in [0, 0.1) is 6.07 Å². The van der Waals surface area contributed by atoms with Gasteiger partial charge < -0.3 is 17.0 Å². The van der Waals surface area contributed by atoms with E-state index in [4.69, 9.17) is 0 Å². The molecule has 0 nitrogen and oxygen atoms in total. The molecule has 0 saturated carbocycles. The Morgan fingerprint density at radius 3 is 2.16 bits per heavy atom. The summed E-state index contributed by atoms with van der Waals surface area (Å²) in [6.07, 6.45) is 0. The Bertz CT molecular complexity index is 663. The second-order valence-electron chi connectivity index (χ2n) is 3.98. The molecule has 3 aromatic carbocycles. The zero-order valence-corrected chi connectivity index (χ0v) is 14.8. The Kier molecular flexibility index (Phi) is 6.53. The molecule has 0 amide bonds. The average molecular weight is 386 g/mol. The number of hydrogen-bond acceptors (Lipinski definition) is 0. The summed E-state index contributed by atoms with van der Waals surface area (Å²) < 4.78 is 1.10. The number of halogens is 2. The van der Waals surface area contributed by atoms with Crippen LogP contribution in [0.15, 0.2) is 65.1 Å². The molecular weight excluding hydrogens is 376 g/mol. The maximum Gasteiger partial charge on any atom is 2.00 e. The van der Waals surface area contributed by atoms with Gasteiger partial charge in [-0.05, 0) is 0 Å². The largest absolute Gasteiger partial charge is 2.00 e. The van der Waals surface area contributed by atoms with Gasteiger partial charge in [-0.1, -0.05) is 75.4 Å². The van der Waals surface area contributed by atoms with Crippen LogP contribution in [0.4, 0.5) is 0 Å². The minimum Gasteiger partial charge on any atom is -1.00 e. The fourth-order valence-electron chi connectivity index (χ4n) is 1.92. The normalized spacial score (nSPS) is 9.53. The van der Waals surface area contributed by atoms with Crippen LogP contribution < -0.4 is 17.0 Å². The molecule has 3 heteroatoms. The number of benzene rings is 3. The first-order chi connectivity index (χ1) is 8.33. The molecular formula is C16H10Br2Mg. The maximum absolute atomic E-state index is 3.45. The van der Waals surface area contributed by atoms with Gasteiger partial charge in [0.15, 0.2) is 0 Å². The predicted molar refractivity (Wildman–Crippen MR) is 81.7 cm³/mol. The summed E-state index contributed by atoms with van der Waals surface area (Å²) in [5, 5.41) is 2.48. The van der Waals surface area contributed by atoms with Crippen molar-refractivity contribution in [3.05, 3.63) is 71.2 Å². The molecule has 0 atom stereocenters. The van der Waals surface area contributed by atoms with E-state index in [1.807, 2.05) is 6.07 Å². The van der Waals surface area contributed by atoms with E-state index in [0.717, 1.165) is 10.0 Å². The molecule has 0 radical (unpaired) electrons. The van der Waals surface area contributed by atoms with Crippen molar-refractivity contribution in [2.45, 2.75) is 0 Å². The summed E-state index contributed by atoms with van der Waals surface area (Å²) in [7, 11) is 0. The van der Waals surface area contributed by atoms with Gasteiger partial charge in [-0.25, -0.2) is 0 Å². The van der Waals surface area contributed by atoms with Gasteiger partial charge >= 0.3 is 23.1 Å². The minimum atomic E-state index is 0. The maximum atomic E-state index is 3.45. The van der Waals surface area contributed by atoms with Crippen LogP contribution >= 0.6 is 15.9 Å². The topological polar surface area (TPSA) is 0 Å². The van der Waals surface area contributed by atoms with Crippen molar-refractivity contribution >= 4 is 49.8 Å².